The molecule has 0 bridgehead atoms. The van der Waals surface area contributed by atoms with Crippen LogP contribution >= 0.6 is 11.6 Å². The predicted molar refractivity (Wildman–Crippen MR) is 91.2 cm³/mol. The Kier molecular flexibility index (Phi) is 4.26. The highest BCUT2D eigenvalue weighted by Crippen LogP contribution is 2.30. The molecule has 2 N–H and O–H groups in total. The van der Waals surface area contributed by atoms with E-state index < -0.39 is 0 Å². The van der Waals surface area contributed by atoms with Gasteiger partial charge in [0.1, 0.15) is 10.9 Å². The molecule has 0 saturated heterocycles. The third-order valence-electron chi connectivity index (χ3n) is 3.48. The first kappa shape index (κ1) is 16.1. The zero-order chi connectivity index (χ0) is 17.3. The van der Waals surface area contributed by atoms with Gasteiger partial charge in [0.25, 0.3) is 5.91 Å². The fraction of sp³-hybridized carbons (Fsp3) is 0.188. The topological polar surface area (TPSA) is 85.3 Å². The van der Waals surface area contributed by atoms with Crippen LogP contribution in [-0.2, 0) is 16.6 Å². The quantitative estimate of drug-likeness (QED) is 0.835. The van der Waals surface area contributed by atoms with Crippen LogP contribution in [0, 0.1) is 6.92 Å². The summed E-state index contributed by atoms with van der Waals surface area (Å²) in [5.74, 6) is 0.0193. The number of benzene rings is 1. The van der Waals surface area contributed by atoms with E-state index in [0.29, 0.717) is 27.8 Å². The van der Waals surface area contributed by atoms with Gasteiger partial charge in [0.2, 0.25) is 5.91 Å². The standard InChI is InChI=1S/C16H15ClN4O3/c1-9-11(16(17)21(2)20-9)4-6-14(22)18-10-3-5-13-12(7-10)19-15(23)8-24-13/h3-7H,8H2,1-2H3,(H,18,22)(H,19,23)/b6-4+. The van der Waals surface area contributed by atoms with Crippen LogP contribution in [0.15, 0.2) is 24.3 Å². The van der Waals surface area contributed by atoms with E-state index in [1.54, 1.807) is 36.0 Å². The summed E-state index contributed by atoms with van der Waals surface area (Å²) < 4.78 is 6.81. The Morgan fingerprint density at radius 2 is 2.29 bits per heavy atom. The number of aryl methyl sites for hydroxylation is 2. The van der Waals surface area contributed by atoms with Crippen LogP contribution in [0.2, 0.25) is 5.15 Å². The largest absolute Gasteiger partial charge is 0.482 e. The molecule has 1 aliphatic rings. The van der Waals surface area contributed by atoms with Crippen LogP contribution in [0.25, 0.3) is 6.08 Å². The summed E-state index contributed by atoms with van der Waals surface area (Å²) >= 11 is 6.11. The maximum atomic E-state index is 12.1. The molecular formula is C16H15ClN4O3. The van der Waals surface area contributed by atoms with Crippen molar-refractivity contribution in [2.45, 2.75) is 6.92 Å². The Morgan fingerprint density at radius 3 is 3.00 bits per heavy atom. The molecule has 3 rings (SSSR count). The van der Waals surface area contributed by atoms with Crippen LogP contribution in [-0.4, -0.2) is 28.2 Å². The van der Waals surface area contributed by atoms with E-state index in [4.69, 9.17) is 16.3 Å². The minimum Gasteiger partial charge on any atom is -0.482 e. The molecule has 0 fully saturated rings. The zero-order valence-electron chi connectivity index (χ0n) is 13.1. The van der Waals surface area contributed by atoms with E-state index in [2.05, 4.69) is 15.7 Å². The van der Waals surface area contributed by atoms with E-state index in [0.717, 1.165) is 5.69 Å². The number of fused-ring (bicyclic) bond motifs is 1. The molecule has 8 heteroatoms. The summed E-state index contributed by atoms with van der Waals surface area (Å²) in [5, 5.41) is 10.0. The summed E-state index contributed by atoms with van der Waals surface area (Å²) in [5.41, 5.74) is 2.50. The maximum absolute atomic E-state index is 12.1. The van der Waals surface area contributed by atoms with E-state index in [-0.39, 0.29) is 18.4 Å². The number of amides is 2. The fourth-order valence-electron chi connectivity index (χ4n) is 2.34. The van der Waals surface area contributed by atoms with Crippen LogP contribution in [0.4, 0.5) is 11.4 Å². The molecule has 1 aromatic heterocycles. The number of hydrogen-bond acceptors (Lipinski definition) is 4. The Balaban J connectivity index is 1.72. The molecule has 1 aliphatic heterocycles. The summed E-state index contributed by atoms with van der Waals surface area (Å²) in [6, 6.07) is 5.03. The van der Waals surface area contributed by atoms with Crippen molar-refractivity contribution in [3.8, 4) is 5.75 Å². The van der Waals surface area contributed by atoms with Crippen LogP contribution in [0.3, 0.4) is 0 Å². The van der Waals surface area contributed by atoms with Crippen molar-refractivity contribution in [3.63, 3.8) is 0 Å². The summed E-state index contributed by atoms with van der Waals surface area (Å²) in [6.45, 7) is 1.81. The SMILES string of the molecule is Cc1nn(C)c(Cl)c1/C=C/C(=O)Nc1ccc2c(c1)NC(=O)CO2. The average Bonchev–Trinajstić information content (AvgIpc) is 2.77. The molecule has 0 aliphatic carbocycles. The smallest absolute Gasteiger partial charge is 0.262 e. The van der Waals surface area contributed by atoms with E-state index in [1.807, 2.05) is 6.92 Å². The monoisotopic (exact) mass is 346 g/mol. The highest BCUT2D eigenvalue weighted by molar-refractivity contribution is 6.31. The molecule has 0 unspecified atom stereocenters. The molecule has 24 heavy (non-hydrogen) atoms. The van der Waals surface area contributed by atoms with Crippen LogP contribution < -0.4 is 15.4 Å². The van der Waals surface area contributed by atoms with Crippen molar-refractivity contribution in [2.24, 2.45) is 7.05 Å². The summed E-state index contributed by atoms with van der Waals surface area (Å²) in [6.07, 6.45) is 2.99. The number of rotatable bonds is 3. The summed E-state index contributed by atoms with van der Waals surface area (Å²) in [4.78, 5) is 23.4. The lowest BCUT2D eigenvalue weighted by Crippen LogP contribution is -2.25. The number of ether oxygens (including phenoxy) is 1. The van der Waals surface area contributed by atoms with Crippen LogP contribution in [0.5, 0.6) is 5.75 Å². The number of anilines is 2. The minimum absolute atomic E-state index is 0.00728. The third-order valence-corrected chi connectivity index (χ3v) is 3.93. The third kappa shape index (κ3) is 3.26. The lowest BCUT2D eigenvalue weighted by Gasteiger charge is -2.18. The first-order chi connectivity index (χ1) is 11.4. The van der Waals surface area contributed by atoms with Crippen molar-refractivity contribution in [1.82, 2.24) is 9.78 Å². The van der Waals surface area contributed by atoms with Gasteiger partial charge >= 0.3 is 0 Å². The molecule has 2 amide bonds. The van der Waals surface area contributed by atoms with Gasteiger partial charge in [-0.15, -0.1) is 0 Å². The number of hydrogen-bond donors (Lipinski definition) is 2. The predicted octanol–water partition coefficient (Wildman–Crippen LogP) is 2.36. The minimum atomic E-state index is -0.322. The van der Waals surface area contributed by atoms with Gasteiger partial charge in [-0.25, -0.2) is 0 Å². The highest BCUT2D eigenvalue weighted by atomic mass is 35.5. The van der Waals surface area contributed by atoms with E-state index >= 15 is 0 Å². The Morgan fingerprint density at radius 1 is 1.50 bits per heavy atom. The fourth-order valence-corrected chi connectivity index (χ4v) is 2.58. The van der Waals surface area contributed by atoms with Crippen molar-refractivity contribution < 1.29 is 14.3 Å². The second-order valence-electron chi connectivity index (χ2n) is 5.28. The second-order valence-corrected chi connectivity index (χ2v) is 5.64. The van der Waals surface area contributed by atoms with Gasteiger partial charge in [0.15, 0.2) is 6.61 Å². The van der Waals surface area contributed by atoms with Gasteiger partial charge in [-0.05, 0) is 31.2 Å². The second kappa shape index (κ2) is 6.37. The van der Waals surface area contributed by atoms with Gasteiger partial charge in [-0.3, -0.25) is 14.3 Å². The van der Waals surface area contributed by atoms with Crippen LogP contribution in [0.1, 0.15) is 11.3 Å². The number of nitrogens with one attached hydrogen (secondary N) is 2. The lowest BCUT2D eigenvalue weighted by atomic mass is 10.2. The van der Waals surface area contributed by atoms with E-state index in [9.17, 15) is 9.59 Å². The van der Waals surface area contributed by atoms with Gasteiger partial charge < -0.3 is 15.4 Å². The molecule has 0 atom stereocenters. The normalized spacial score (nSPS) is 13.4. The molecule has 0 radical (unpaired) electrons. The number of halogens is 1. The van der Waals surface area contributed by atoms with Crippen molar-refractivity contribution in [3.05, 3.63) is 40.7 Å². The number of aromatic nitrogens is 2. The lowest BCUT2D eigenvalue weighted by molar-refractivity contribution is -0.118. The Hall–Kier alpha value is -2.80. The first-order valence-electron chi connectivity index (χ1n) is 7.19. The molecule has 1 aromatic carbocycles. The van der Waals surface area contributed by atoms with Crippen molar-refractivity contribution in [2.75, 3.05) is 17.2 Å². The Bertz CT molecular complexity index is 857. The first-order valence-corrected chi connectivity index (χ1v) is 7.56. The van der Waals surface area contributed by atoms with Gasteiger partial charge in [-0.2, -0.15) is 5.10 Å². The molecule has 124 valence electrons. The summed E-state index contributed by atoms with van der Waals surface area (Å²) in [7, 11) is 1.73. The Labute approximate surface area is 143 Å². The van der Waals surface area contributed by atoms with Gasteiger partial charge in [-0.1, -0.05) is 11.6 Å². The zero-order valence-corrected chi connectivity index (χ0v) is 13.8. The highest BCUT2D eigenvalue weighted by Gasteiger charge is 2.16. The molecule has 2 heterocycles. The number of carbonyl (C=O) groups is 2. The average molecular weight is 347 g/mol. The molecule has 7 nitrogen and oxygen atoms in total. The van der Waals surface area contributed by atoms with Crippen molar-refractivity contribution >= 4 is 40.9 Å². The van der Waals surface area contributed by atoms with Crippen molar-refractivity contribution in [1.29, 1.82) is 0 Å². The molecule has 2 aromatic rings. The van der Waals surface area contributed by atoms with E-state index in [1.165, 1.54) is 6.08 Å². The molecule has 0 spiro atoms. The van der Waals surface area contributed by atoms with Gasteiger partial charge in [0, 0.05) is 24.4 Å². The maximum Gasteiger partial charge on any atom is 0.262 e. The van der Waals surface area contributed by atoms with Gasteiger partial charge in [0.05, 0.1) is 11.4 Å². The molecular weight excluding hydrogens is 332 g/mol. The number of nitrogens with zero attached hydrogens (tertiary/aromatic N) is 2. The number of carbonyl (C=O) groups excluding carboxylic acids is 2. The molecule has 0 saturated carbocycles.